The molecule has 3 rings (SSSR count). The van der Waals surface area contributed by atoms with Gasteiger partial charge in [0.1, 0.15) is 6.10 Å². The Morgan fingerprint density at radius 2 is 1.91 bits per heavy atom. The molecule has 4 heteroatoms. The first-order valence-corrected chi connectivity index (χ1v) is 7.17. The minimum absolute atomic E-state index is 0.435. The lowest BCUT2D eigenvalue weighted by Crippen LogP contribution is -2.34. The number of rotatable bonds is 3. The van der Waals surface area contributed by atoms with Gasteiger partial charge in [0.2, 0.25) is 0 Å². The van der Waals surface area contributed by atoms with Crippen molar-refractivity contribution in [3.05, 3.63) is 70.2 Å². The number of hydrogen-bond donors (Lipinski definition) is 0. The Labute approximate surface area is 133 Å². The average molecular weight is 313 g/mol. The van der Waals surface area contributed by atoms with Crippen molar-refractivity contribution in [3.63, 3.8) is 0 Å². The molecule has 2 aromatic rings. The van der Waals surface area contributed by atoms with Crippen LogP contribution in [0.25, 0.3) is 0 Å². The van der Waals surface area contributed by atoms with Crippen molar-refractivity contribution >= 4 is 17.6 Å². The lowest BCUT2D eigenvalue weighted by molar-refractivity contribution is -0.186. The highest BCUT2D eigenvalue weighted by Gasteiger charge is 2.49. The molecule has 0 saturated heterocycles. The summed E-state index contributed by atoms with van der Waals surface area (Å²) in [6.45, 7) is 1.73. The van der Waals surface area contributed by atoms with Crippen LogP contribution in [0.2, 0.25) is 5.02 Å². The van der Waals surface area contributed by atoms with Gasteiger partial charge in [0.15, 0.2) is 0 Å². The number of carbonyl (C=O) groups excluding carboxylic acids is 1. The third kappa shape index (κ3) is 2.27. The lowest BCUT2D eigenvalue weighted by atomic mass is 9.95. The molecule has 110 valence electrons. The van der Waals surface area contributed by atoms with Gasteiger partial charge in [0.25, 0.3) is 5.79 Å². The molecule has 0 fully saturated rings. The predicted octanol–water partition coefficient (Wildman–Crippen LogP) is 3.75. The first-order valence-electron chi connectivity index (χ1n) is 6.79. The number of esters is 1. The number of carbonyl (C=O) groups is 1. The molecule has 22 heavy (non-hydrogen) atoms. The van der Waals surface area contributed by atoms with E-state index >= 15 is 0 Å². The van der Waals surface area contributed by atoms with E-state index < -0.39 is 17.9 Å². The van der Waals surface area contributed by atoms with Crippen molar-refractivity contribution in [2.75, 3.05) is 0 Å². The van der Waals surface area contributed by atoms with Crippen LogP contribution in [0.4, 0.5) is 0 Å². The molecule has 0 bridgehead atoms. The van der Waals surface area contributed by atoms with E-state index in [0.717, 1.165) is 0 Å². The quantitative estimate of drug-likeness (QED) is 0.639. The summed E-state index contributed by atoms with van der Waals surface area (Å²) in [5.74, 6) is 0.725. The zero-order chi connectivity index (χ0) is 15.7. The van der Waals surface area contributed by atoms with Gasteiger partial charge in [-0.25, -0.2) is 4.79 Å². The van der Waals surface area contributed by atoms with Crippen LogP contribution in [0.3, 0.4) is 0 Å². The Balaban J connectivity index is 2.20. The van der Waals surface area contributed by atoms with E-state index in [4.69, 9.17) is 27.5 Å². The number of cyclic esters (lactones) is 1. The number of terminal acetylenes is 1. The average Bonchev–Trinajstić information content (AvgIpc) is 2.82. The monoisotopic (exact) mass is 312 g/mol. The summed E-state index contributed by atoms with van der Waals surface area (Å²) in [5, 5.41) is 0.585. The van der Waals surface area contributed by atoms with E-state index in [1.54, 1.807) is 49.4 Å². The molecule has 2 atom stereocenters. The molecule has 0 aromatic heterocycles. The standard InChI is InChI=1S/C18H13ClO3/c1-3-12(2)21-18(13-8-10-14(19)11-9-13)16-7-5-4-6-15(16)17(20)22-18/h1,4-12H,2H3/t12-,18+/m1/s1. The number of benzene rings is 2. The van der Waals surface area contributed by atoms with Gasteiger partial charge in [-0.3, -0.25) is 0 Å². The molecule has 0 saturated carbocycles. The Bertz CT molecular complexity index is 761. The maximum Gasteiger partial charge on any atom is 0.341 e. The molecule has 0 spiro atoms. The highest BCUT2D eigenvalue weighted by Crippen LogP contribution is 2.43. The van der Waals surface area contributed by atoms with Crippen LogP contribution in [0.15, 0.2) is 48.5 Å². The first kappa shape index (κ1) is 14.6. The first-order chi connectivity index (χ1) is 10.6. The van der Waals surface area contributed by atoms with Crippen molar-refractivity contribution in [3.8, 4) is 12.3 Å². The van der Waals surface area contributed by atoms with Crippen LogP contribution in [0.5, 0.6) is 0 Å². The van der Waals surface area contributed by atoms with E-state index in [1.165, 1.54) is 0 Å². The van der Waals surface area contributed by atoms with Gasteiger partial charge in [-0.1, -0.05) is 47.9 Å². The number of hydrogen-bond acceptors (Lipinski definition) is 3. The molecule has 0 amide bonds. The molecule has 3 nitrogen and oxygen atoms in total. The molecule has 0 aliphatic carbocycles. The highest BCUT2D eigenvalue weighted by molar-refractivity contribution is 6.30. The lowest BCUT2D eigenvalue weighted by Gasteiger charge is -2.30. The van der Waals surface area contributed by atoms with E-state index in [2.05, 4.69) is 5.92 Å². The molecule has 0 radical (unpaired) electrons. The van der Waals surface area contributed by atoms with Crippen molar-refractivity contribution in [2.45, 2.75) is 18.8 Å². The fourth-order valence-electron chi connectivity index (χ4n) is 2.51. The van der Waals surface area contributed by atoms with Gasteiger partial charge in [-0.15, -0.1) is 6.42 Å². The summed E-state index contributed by atoms with van der Waals surface area (Å²) < 4.78 is 11.6. The van der Waals surface area contributed by atoms with Crippen LogP contribution in [0, 0.1) is 12.3 Å². The summed E-state index contributed by atoms with van der Waals surface area (Å²) in [4.78, 5) is 12.2. The Hall–Kier alpha value is -2.28. The third-order valence-electron chi connectivity index (χ3n) is 3.54. The van der Waals surface area contributed by atoms with E-state index in [0.29, 0.717) is 21.7 Å². The maximum absolute atomic E-state index is 12.2. The molecule has 0 unspecified atom stereocenters. The van der Waals surface area contributed by atoms with Crippen LogP contribution in [0.1, 0.15) is 28.4 Å². The van der Waals surface area contributed by atoms with Crippen molar-refractivity contribution in [1.82, 2.24) is 0 Å². The summed E-state index contributed by atoms with van der Waals surface area (Å²) in [5.41, 5.74) is 1.78. The number of fused-ring (bicyclic) bond motifs is 1. The second kappa shape index (κ2) is 5.49. The Morgan fingerprint density at radius 3 is 2.59 bits per heavy atom. The van der Waals surface area contributed by atoms with Crippen molar-refractivity contribution in [1.29, 1.82) is 0 Å². The Morgan fingerprint density at radius 1 is 1.23 bits per heavy atom. The van der Waals surface area contributed by atoms with Crippen LogP contribution in [-0.4, -0.2) is 12.1 Å². The largest absolute Gasteiger partial charge is 0.420 e. The van der Waals surface area contributed by atoms with Crippen molar-refractivity contribution in [2.24, 2.45) is 0 Å². The second-order valence-electron chi connectivity index (χ2n) is 4.99. The van der Waals surface area contributed by atoms with Crippen LogP contribution >= 0.6 is 11.6 Å². The molecule has 1 heterocycles. The smallest absolute Gasteiger partial charge is 0.341 e. The topological polar surface area (TPSA) is 35.5 Å². The van der Waals surface area contributed by atoms with Gasteiger partial charge in [0, 0.05) is 16.1 Å². The zero-order valence-corrected chi connectivity index (χ0v) is 12.6. The molecule has 1 aliphatic heterocycles. The fourth-order valence-corrected chi connectivity index (χ4v) is 2.64. The number of ether oxygens (including phenoxy) is 2. The second-order valence-corrected chi connectivity index (χ2v) is 5.42. The SMILES string of the molecule is C#C[C@@H](C)O[C@@]1(c2ccc(Cl)cc2)OC(=O)c2ccccc21. The van der Waals surface area contributed by atoms with Gasteiger partial charge in [-0.2, -0.15) is 0 Å². The molecular formula is C18H13ClO3. The third-order valence-corrected chi connectivity index (χ3v) is 3.79. The van der Waals surface area contributed by atoms with Gasteiger partial charge in [-0.05, 0) is 25.1 Å². The predicted molar refractivity (Wildman–Crippen MR) is 83.5 cm³/mol. The van der Waals surface area contributed by atoms with Gasteiger partial charge in [0.05, 0.1) is 5.56 Å². The molecule has 2 aromatic carbocycles. The Kier molecular flexibility index (Phi) is 3.66. The van der Waals surface area contributed by atoms with Gasteiger partial charge < -0.3 is 9.47 Å². The normalized spacial score (nSPS) is 20.9. The zero-order valence-electron chi connectivity index (χ0n) is 11.9. The fraction of sp³-hybridized carbons (Fsp3) is 0.167. The minimum atomic E-state index is -1.34. The van der Waals surface area contributed by atoms with E-state index in [9.17, 15) is 4.79 Å². The van der Waals surface area contributed by atoms with Gasteiger partial charge >= 0.3 is 5.97 Å². The molecular weight excluding hydrogens is 300 g/mol. The molecule has 1 aliphatic rings. The summed E-state index contributed by atoms with van der Waals surface area (Å²) in [7, 11) is 0. The van der Waals surface area contributed by atoms with Crippen LogP contribution < -0.4 is 0 Å². The van der Waals surface area contributed by atoms with E-state index in [1.807, 2.05) is 6.07 Å². The number of halogens is 1. The van der Waals surface area contributed by atoms with Crippen molar-refractivity contribution < 1.29 is 14.3 Å². The van der Waals surface area contributed by atoms with E-state index in [-0.39, 0.29) is 0 Å². The molecule has 0 N–H and O–H groups in total. The maximum atomic E-state index is 12.2. The van der Waals surface area contributed by atoms with Crippen LogP contribution in [-0.2, 0) is 15.3 Å². The minimum Gasteiger partial charge on any atom is -0.420 e. The summed E-state index contributed by atoms with van der Waals surface area (Å²) in [6.07, 6.45) is 4.90. The summed E-state index contributed by atoms with van der Waals surface area (Å²) >= 11 is 5.94. The summed E-state index contributed by atoms with van der Waals surface area (Å²) in [6, 6.07) is 14.1. The highest BCUT2D eigenvalue weighted by atomic mass is 35.5.